The highest BCUT2D eigenvalue weighted by Crippen LogP contribution is 2.21. The molecular weight excluding hydrogens is 394 g/mol. The molecule has 1 amide bonds. The van der Waals surface area contributed by atoms with E-state index in [2.05, 4.69) is 5.32 Å². The van der Waals surface area contributed by atoms with Crippen molar-refractivity contribution in [1.29, 1.82) is 0 Å². The molecule has 1 aromatic heterocycles. The maximum Gasteiger partial charge on any atom is 0.278 e. The zero-order valence-electron chi connectivity index (χ0n) is 16.6. The Kier molecular flexibility index (Phi) is 6.54. The molecule has 2 N–H and O–H groups in total. The van der Waals surface area contributed by atoms with Gasteiger partial charge >= 0.3 is 0 Å². The highest BCUT2D eigenvalue weighted by atomic mass is 32.2. The lowest BCUT2D eigenvalue weighted by Gasteiger charge is -2.34. The fraction of sp³-hybridized carbons (Fsp3) is 0.450. The van der Waals surface area contributed by atoms with E-state index in [-0.39, 0.29) is 11.9 Å². The Hall–Kier alpha value is -1.74. The summed E-state index contributed by atoms with van der Waals surface area (Å²) in [7, 11) is -3.50. The Labute approximate surface area is 171 Å². The normalized spacial score (nSPS) is 17.4. The molecule has 0 radical (unpaired) electrons. The van der Waals surface area contributed by atoms with Gasteiger partial charge in [-0.05, 0) is 49.4 Å². The molecule has 1 aromatic carbocycles. The Balaban J connectivity index is 1.58. The van der Waals surface area contributed by atoms with Crippen LogP contribution in [0.5, 0.6) is 0 Å². The fourth-order valence-electron chi connectivity index (χ4n) is 3.50. The summed E-state index contributed by atoms with van der Waals surface area (Å²) >= 11 is 1.62. The molecule has 1 atom stereocenters. The van der Waals surface area contributed by atoms with Crippen molar-refractivity contribution in [3.05, 3.63) is 51.7 Å². The molecule has 0 aliphatic carbocycles. The van der Waals surface area contributed by atoms with E-state index >= 15 is 0 Å². The monoisotopic (exact) mass is 422 g/mol. The molecule has 0 unspecified atom stereocenters. The zero-order chi connectivity index (χ0) is 20.3. The molecule has 8 heteroatoms. The maximum absolute atomic E-state index is 13.0. The minimum Gasteiger partial charge on any atom is -0.346 e. The van der Waals surface area contributed by atoms with Crippen molar-refractivity contribution in [2.24, 2.45) is 0 Å². The molecule has 1 fully saturated rings. The number of sulfonamides is 1. The van der Waals surface area contributed by atoms with E-state index in [9.17, 15) is 13.2 Å². The van der Waals surface area contributed by atoms with Crippen molar-refractivity contribution in [3.63, 3.8) is 0 Å². The number of nitrogens with one attached hydrogen (secondary N) is 2. The molecule has 0 spiro atoms. The van der Waals surface area contributed by atoms with Crippen molar-refractivity contribution in [1.82, 2.24) is 9.62 Å². The number of piperazine rings is 1. The molecule has 152 valence electrons. The quantitative estimate of drug-likeness (QED) is 0.729. The number of amides is 1. The number of benzene rings is 1. The van der Waals surface area contributed by atoms with Crippen molar-refractivity contribution in [2.45, 2.75) is 38.3 Å². The van der Waals surface area contributed by atoms with Crippen molar-refractivity contribution >= 4 is 27.3 Å². The first-order chi connectivity index (χ1) is 13.3. The summed E-state index contributed by atoms with van der Waals surface area (Å²) in [5.41, 5.74) is 1.70. The standard InChI is InChI=1S/C20H27N3O3S2/c1-15-6-7-16(2)19(13-15)28(25,26)23-10-8-22(9-11-23)17(3)20(24)21-14-18-5-4-12-27-18/h4-7,12-13,17H,8-11,14H2,1-3H3,(H,21,24)/p+1/t17-/m0/s1. The van der Waals surface area contributed by atoms with Gasteiger partial charge in [-0.2, -0.15) is 4.31 Å². The molecule has 1 aliphatic rings. The predicted octanol–water partition coefficient (Wildman–Crippen LogP) is 0.959. The average molecular weight is 423 g/mol. The molecule has 1 aliphatic heterocycles. The third-order valence-corrected chi connectivity index (χ3v) is 8.27. The van der Waals surface area contributed by atoms with Crippen molar-refractivity contribution in [3.8, 4) is 0 Å². The van der Waals surface area contributed by atoms with Gasteiger partial charge in [-0.1, -0.05) is 18.2 Å². The van der Waals surface area contributed by atoms with Gasteiger partial charge in [0.15, 0.2) is 6.04 Å². The van der Waals surface area contributed by atoms with E-state index in [1.54, 1.807) is 21.7 Å². The lowest BCUT2D eigenvalue weighted by atomic mass is 10.2. The summed E-state index contributed by atoms with van der Waals surface area (Å²) in [5.74, 6) is 0.00855. The Bertz CT molecular complexity index is 918. The minimum atomic E-state index is -3.50. The van der Waals surface area contributed by atoms with Crippen LogP contribution in [-0.4, -0.2) is 50.9 Å². The summed E-state index contributed by atoms with van der Waals surface area (Å²) in [5, 5.41) is 4.97. The van der Waals surface area contributed by atoms with Gasteiger partial charge in [0.2, 0.25) is 10.0 Å². The lowest BCUT2D eigenvalue weighted by Crippen LogP contribution is -3.19. The van der Waals surface area contributed by atoms with Crippen LogP contribution in [-0.2, 0) is 21.4 Å². The number of thiophene rings is 1. The first kappa shape index (κ1) is 21.0. The second-order valence-corrected chi connectivity index (χ2v) is 10.3. The lowest BCUT2D eigenvalue weighted by molar-refractivity contribution is -0.917. The van der Waals surface area contributed by atoms with Crippen LogP contribution >= 0.6 is 11.3 Å². The van der Waals surface area contributed by atoms with Gasteiger partial charge in [0, 0.05) is 4.88 Å². The van der Waals surface area contributed by atoms with Crippen LogP contribution in [0.2, 0.25) is 0 Å². The van der Waals surface area contributed by atoms with Crippen LogP contribution < -0.4 is 10.2 Å². The summed E-state index contributed by atoms with van der Waals surface area (Å²) in [6, 6.07) is 9.28. The van der Waals surface area contributed by atoms with Gasteiger partial charge in [0.05, 0.1) is 37.6 Å². The number of hydrogen-bond acceptors (Lipinski definition) is 4. The first-order valence-corrected chi connectivity index (χ1v) is 11.8. The number of aryl methyl sites for hydroxylation is 2. The van der Waals surface area contributed by atoms with E-state index in [1.165, 1.54) is 0 Å². The highest BCUT2D eigenvalue weighted by Gasteiger charge is 2.34. The van der Waals surface area contributed by atoms with Crippen LogP contribution in [0.3, 0.4) is 0 Å². The molecule has 2 aromatic rings. The van der Waals surface area contributed by atoms with Crippen LogP contribution in [0.4, 0.5) is 0 Å². The average Bonchev–Trinajstić information content (AvgIpc) is 3.21. The minimum absolute atomic E-state index is 0.00855. The smallest absolute Gasteiger partial charge is 0.278 e. The van der Waals surface area contributed by atoms with E-state index < -0.39 is 10.0 Å². The molecule has 2 heterocycles. The molecule has 6 nitrogen and oxygen atoms in total. The van der Waals surface area contributed by atoms with Crippen molar-refractivity contribution in [2.75, 3.05) is 26.2 Å². The predicted molar refractivity (Wildman–Crippen MR) is 111 cm³/mol. The second kappa shape index (κ2) is 8.73. The third-order valence-electron chi connectivity index (χ3n) is 5.35. The molecule has 3 rings (SSSR count). The number of carbonyl (C=O) groups is 1. The SMILES string of the molecule is Cc1ccc(C)c(S(=O)(=O)N2CC[NH+]([C@@H](C)C(=O)NCc3cccs3)CC2)c1. The summed E-state index contributed by atoms with van der Waals surface area (Å²) < 4.78 is 27.6. The Morgan fingerprint density at radius 1 is 1.25 bits per heavy atom. The van der Waals surface area contributed by atoms with Gasteiger partial charge in [0.1, 0.15) is 0 Å². The van der Waals surface area contributed by atoms with Gasteiger partial charge in [-0.15, -0.1) is 11.3 Å². The Morgan fingerprint density at radius 3 is 2.61 bits per heavy atom. The van der Waals surface area contributed by atoms with Gasteiger partial charge < -0.3 is 10.2 Å². The topological polar surface area (TPSA) is 70.9 Å². The highest BCUT2D eigenvalue weighted by molar-refractivity contribution is 7.89. The Morgan fingerprint density at radius 2 is 1.96 bits per heavy atom. The van der Waals surface area contributed by atoms with Crippen LogP contribution in [0.1, 0.15) is 22.9 Å². The maximum atomic E-state index is 13.0. The first-order valence-electron chi connectivity index (χ1n) is 9.51. The molecule has 28 heavy (non-hydrogen) atoms. The van der Waals surface area contributed by atoms with E-state index in [1.807, 2.05) is 50.4 Å². The molecule has 0 bridgehead atoms. The van der Waals surface area contributed by atoms with Gasteiger partial charge in [-0.3, -0.25) is 4.79 Å². The van der Waals surface area contributed by atoms with Crippen LogP contribution in [0, 0.1) is 13.8 Å². The second-order valence-electron chi connectivity index (χ2n) is 7.35. The number of carbonyl (C=O) groups excluding carboxylic acids is 1. The van der Waals surface area contributed by atoms with Gasteiger partial charge in [0.25, 0.3) is 5.91 Å². The van der Waals surface area contributed by atoms with E-state index in [0.29, 0.717) is 37.6 Å². The number of nitrogens with zero attached hydrogens (tertiary/aromatic N) is 1. The summed E-state index contributed by atoms with van der Waals surface area (Å²) in [6.07, 6.45) is 0. The van der Waals surface area contributed by atoms with E-state index in [4.69, 9.17) is 0 Å². The zero-order valence-corrected chi connectivity index (χ0v) is 18.2. The fourth-order valence-corrected chi connectivity index (χ4v) is 5.89. The summed E-state index contributed by atoms with van der Waals surface area (Å²) in [6.45, 7) is 8.27. The number of rotatable bonds is 6. The van der Waals surface area contributed by atoms with E-state index in [0.717, 1.165) is 20.9 Å². The largest absolute Gasteiger partial charge is 0.346 e. The number of hydrogen-bond donors (Lipinski definition) is 2. The summed E-state index contributed by atoms with van der Waals surface area (Å²) in [4.78, 5) is 15.1. The number of quaternary nitrogens is 1. The third kappa shape index (κ3) is 4.63. The van der Waals surface area contributed by atoms with Crippen LogP contribution in [0.15, 0.2) is 40.6 Å². The van der Waals surface area contributed by atoms with Crippen LogP contribution in [0.25, 0.3) is 0 Å². The molecule has 1 saturated heterocycles. The van der Waals surface area contributed by atoms with Crippen molar-refractivity contribution < 1.29 is 18.1 Å². The molecular formula is C20H28N3O3S2+. The van der Waals surface area contributed by atoms with Gasteiger partial charge in [-0.25, -0.2) is 8.42 Å². The molecule has 0 saturated carbocycles.